The van der Waals surface area contributed by atoms with Crippen LogP contribution < -0.4 is 10.6 Å². The number of hydrogen-bond donors (Lipinski definition) is 2. The molecule has 0 bridgehead atoms. The summed E-state index contributed by atoms with van der Waals surface area (Å²) in [5, 5.41) is 11.5. The van der Waals surface area contributed by atoms with Gasteiger partial charge in [0.05, 0.1) is 12.6 Å². The van der Waals surface area contributed by atoms with Crippen LogP contribution in [0.1, 0.15) is 19.4 Å². The molecular weight excluding hydrogens is 232 g/mol. The highest BCUT2D eigenvalue weighted by atomic mass is 16.5. The Morgan fingerprint density at radius 3 is 2.78 bits per heavy atom. The van der Waals surface area contributed by atoms with Crippen LogP contribution in [-0.2, 0) is 4.74 Å². The van der Waals surface area contributed by atoms with Crippen molar-refractivity contribution >= 4 is 11.7 Å². The highest BCUT2D eigenvalue weighted by Crippen LogP contribution is 2.14. The number of rotatable bonds is 6. The van der Waals surface area contributed by atoms with Crippen molar-refractivity contribution in [3.63, 3.8) is 0 Å². The molecule has 0 aliphatic heterocycles. The van der Waals surface area contributed by atoms with Crippen molar-refractivity contribution in [1.29, 1.82) is 0 Å². The van der Waals surface area contributed by atoms with E-state index < -0.39 is 0 Å². The molecular formula is C12H20N4O2. The van der Waals surface area contributed by atoms with Crippen molar-refractivity contribution in [3.8, 4) is 0 Å². The van der Waals surface area contributed by atoms with Crippen LogP contribution in [0.25, 0.3) is 0 Å². The lowest BCUT2D eigenvalue weighted by atomic mass is 10.2. The number of likely N-dealkylation sites (N-methyl/N-ethyl adjacent to an activating group) is 1. The van der Waals surface area contributed by atoms with Gasteiger partial charge in [0.1, 0.15) is 5.82 Å². The first-order chi connectivity index (χ1) is 8.63. The first kappa shape index (κ1) is 14.2. The monoisotopic (exact) mass is 252 g/mol. The van der Waals surface area contributed by atoms with Crippen molar-refractivity contribution in [1.82, 2.24) is 4.98 Å². The van der Waals surface area contributed by atoms with Crippen LogP contribution in [0.2, 0.25) is 0 Å². The van der Waals surface area contributed by atoms with Gasteiger partial charge in [0.2, 0.25) is 0 Å². The second-order valence-electron chi connectivity index (χ2n) is 3.98. The van der Waals surface area contributed by atoms with E-state index in [1.165, 1.54) is 0 Å². The molecule has 1 heterocycles. The van der Waals surface area contributed by atoms with Gasteiger partial charge < -0.3 is 20.6 Å². The van der Waals surface area contributed by atoms with Crippen molar-refractivity contribution in [3.05, 3.63) is 23.9 Å². The molecule has 0 aromatic carbocycles. The van der Waals surface area contributed by atoms with E-state index >= 15 is 0 Å². The average molecular weight is 252 g/mol. The van der Waals surface area contributed by atoms with Gasteiger partial charge >= 0.3 is 0 Å². The number of amidine groups is 1. The minimum Gasteiger partial charge on any atom is -0.409 e. The predicted octanol–water partition coefficient (Wildman–Crippen LogP) is 1.04. The summed E-state index contributed by atoms with van der Waals surface area (Å²) < 4.78 is 5.15. The molecule has 3 N–H and O–H groups in total. The van der Waals surface area contributed by atoms with Gasteiger partial charge in [-0.05, 0) is 26.0 Å². The minimum absolute atomic E-state index is 0.0574. The van der Waals surface area contributed by atoms with E-state index in [2.05, 4.69) is 28.9 Å². The Hall–Kier alpha value is -1.82. The second kappa shape index (κ2) is 6.80. The molecule has 1 unspecified atom stereocenters. The molecule has 18 heavy (non-hydrogen) atoms. The standard InChI is InChI=1S/C12H20N4O2/c1-4-16(9(2)8-18-3)11-6-5-10(7-14-11)12(13)15-17/h5-7,9,17H,4,8H2,1-3H3,(H2,13,15). The number of nitrogens with zero attached hydrogens (tertiary/aromatic N) is 3. The Labute approximate surface area is 107 Å². The Kier molecular flexibility index (Phi) is 5.38. The lowest BCUT2D eigenvalue weighted by Gasteiger charge is -2.28. The minimum atomic E-state index is 0.0574. The van der Waals surface area contributed by atoms with E-state index in [1.807, 2.05) is 6.07 Å². The van der Waals surface area contributed by atoms with Gasteiger partial charge in [0.25, 0.3) is 0 Å². The van der Waals surface area contributed by atoms with Gasteiger partial charge in [-0.2, -0.15) is 0 Å². The zero-order valence-corrected chi connectivity index (χ0v) is 11.0. The summed E-state index contributed by atoms with van der Waals surface area (Å²) in [6, 6.07) is 3.87. The number of pyridine rings is 1. The fourth-order valence-corrected chi connectivity index (χ4v) is 1.80. The number of oxime groups is 1. The topological polar surface area (TPSA) is 84.0 Å². The van der Waals surface area contributed by atoms with Crippen molar-refractivity contribution in [2.24, 2.45) is 10.9 Å². The highest BCUT2D eigenvalue weighted by molar-refractivity contribution is 5.96. The maximum atomic E-state index is 8.58. The fraction of sp³-hybridized carbons (Fsp3) is 0.500. The number of aromatic nitrogens is 1. The van der Waals surface area contributed by atoms with Crippen LogP contribution in [0.4, 0.5) is 5.82 Å². The van der Waals surface area contributed by atoms with Gasteiger partial charge in [0, 0.05) is 25.4 Å². The normalized spacial score (nSPS) is 13.4. The molecule has 0 spiro atoms. The third-order valence-corrected chi connectivity index (χ3v) is 2.73. The molecule has 100 valence electrons. The van der Waals surface area contributed by atoms with Crippen LogP contribution in [0.3, 0.4) is 0 Å². The summed E-state index contributed by atoms with van der Waals surface area (Å²) >= 11 is 0. The van der Waals surface area contributed by atoms with Gasteiger partial charge in [-0.1, -0.05) is 5.16 Å². The molecule has 0 fully saturated rings. The van der Waals surface area contributed by atoms with E-state index in [0.29, 0.717) is 12.2 Å². The van der Waals surface area contributed by atoms with Crippen molar-refractivity contribution < 1.29 is 9.94 Å². The quantitative estimate of drug-likeness (QED) is 0.342. The number of methoxy groups -OCH3 is 1. The molecule has 1 atom stereocenters. The molecule has 1 aromatic rings. The summed E-state index contributed by atoms with van der Waals surface area (Å²) in [7, 11) is 1.68. The van der Waals surface area contributed by atoms with Crippen LogP contribution in [0, 0.1) is 0 Å². The SMILES string of the molecule is CCN(c1ccc(C(N)=NO)cn1)C(C)COC. The Balaban J connectivity index is 2.88. The van der Waals surface area contributed by atoms with Crippen molar-refractivity contribution in [2.75, 3.05) is 25.2 Å². The lowest BCUT2D eigenvalue weighted by Crippen LogP contribution is -2.36. The molecule has 0 radical (unpaired) electrons. The number of ether oxygens (including phenoxy) is 1. The third-order valence-electron chi connectivity index (χ3n) is 2.73. The number of hydrogen-bond acceptors (Lipinski definition) is 5. The van der Waals surface area contributed by atoms with E-state index in [9.17, 15) is 0 Å². The van der Waals surface area contributed by atoms with E-state index in [-0.39, 0.29) is 11.9 Å². The molecule has 0 saturated carbocycles. The molecule has 0 amide bonds. The predicted molar refractivity (Wildman–Crippen MR) is 71.1 cm³/mol. The van der Waals surface area contributed by atoms with E-state index in [1.54, 1.807) is 19.4 Å². The summed E-state index contributed by atoms with van der Waals surface area (Å²) in [6.45, 7) is 5.61. The molecule has 0 aliphatic carbocycles. The average Bonchev–Trinajstić information content (AvgIpc) is 2.40. The Bertz CT molecular complexity index is 392. The fourth-order valence-electron chi connectivity index (χ4n) is 1.80. The first-order valence-electron chi connectivity index (χ1n) is 5.83. The molecule has 1 rings (SSSR count). The maximum absolute atomic E-state index is 8.58. The lowest BCUT2D eigenvalue weighted by molar-refractivity contribution is 0.181. The van der Waals surface area contributed by atoms with Crippen LogP contribution >= 0.6 is 0 Å². The molecule has 0 saturated heterocycles. The third kappa shape index (κ3) is 3.33. The Morgan fingerprint density at radius 1 is 1.61 bits per heavy atom. The first-order valence-corrected chi connectivity index (χ1v) is 5.83. The smallest absolute Gasteiger partial charge is 0.171 e. The highest BCUT2D eigenvalue weighted by Gasteiger charge is 2.13. The van der Waals surface area contributed by atoms with Crippen LogP contribution in [-0.4, -0.2) is 42.3 Å². The van der Waals surface area contributed by atoms with Crippen LogP contribution in [0.5, 0.6) is 0 Å². The second-order valence-corrected chi connectivity index (χ2v) is 3.98. The summed E-state index contributed by atoms with van der Waals surface area (Å²) in [4.78, 5) is 6.45. The van der Waals surface area contributed by atoms with Gasteiger partial charge in [-0.3, -0.25) is 0 Å². The van der Waals surface area contributed by atoms with E-state index in [0.717, 1.165) is 12.4 Å². The number of anilines is 1. The largest absolute Gasteiger partial charge is 0.409 e. The Morgan fingerprint density at radius 2 is 2.33 bits per heavy atom. The number of nitrogens with two attached hydrogens (primary N) is 1. The summed E-state index contributed by atoms with van der Waals surface area (Å²) in [6.07, 6.45) is 1.59. The summed E-state index contributed by atoms with van der Waals surface area (Å²) in [5.74, 6) is 0.901. The maximum Gasteiger partial charge on any atom is 0.171 e. The molecule has 6 nitrogen and oxygen atoms in total. The molecule has 1 aromatic heterocycles. The van der Waals surface area contributed by atoms with Gasteiger partial charge in [-0.25, -0.2) is 4.98 Å². The van der Waals surface area contributed by atoms with Crippen LogP contribution in [0.15, 0.2) is 23.5 Å². The van der Waals surface area contributed by atoms with E-state index in [4.69, 9.17) is 15.7 Å². The van der Waals surface area contributed by atoms with Gasteiger partial charge in [0.15, 0.2) is 5.84 Å². The zero-order chi connectivity index (χ0) is 13.5. The molecule has 6 heteroatoms. The van der Waals surface area contributed by atoms with Crippen molar-refractivity contribution in [2.45, 2.75) is 19.9 Å². The van der Waals surface area contributed by atoms with Gasteiger partial charge in [-0.15, -0.1) is 0 Å². The zero-order valence-electron chi connectivity index (χ0n) is 11.0. The molecule has 0 aliphatic rings. The summed E-state index contributed by atoms with van der Waals surface area (Å²) in [5.41, 5.74) is 6.08.